The Morgan fingerprint density at radius 1 is 1.14 bits per heavy atom. The van der Waals surface area contributed by atoms with Crippen molar-refractivity contribution in [1.82, 2.24) is 0 Å². The van der Waals surface area contributed by atoms with Gasteiger partial charge in [-0.2, -0.15) is 0 Å². The smallest absolute Gasteiger partial charge is 0.247 e. The second-order valence-electron chi connectivity index (χ2n) is 5.25. The van der Waals surface area contributed by atoms with Crippen LogP contribution in [0, 0.1) is 6.92 Å². The van der Waals surface area contributed by atoms with Gasteiger partial charge in [-0.1, -0.05) is 24.3 Å². The average Bonchev–Trinajstić information content (AvgIpc) is 2.76. The van der Waals surface area contributed by atoms with Gasteiger partial charge in [-0.05, 0) is 36.8 Å². The quantitative estimate of drug-likeness (QED) is 0.699. The number of nitrogens with two attached hydrogens (primary N) is 1. The van der Waals surface area contributed by atoms with E-state index in [0.717, 1.165) is 10.5 Å². The molecule has 1 heterocycles. The van der Waals surface area contributed by atoms with Gasteiger partial charge in [-0.3, -0.25) is 9.59 Å². The molecule has 0 bridgehead atoms. The molecular formula is C17H16N2O2S. The third-order valence-corrected chi connectivity index (χ3v) is 4.83. The van der Waals surface area contributed by atoms with E-state index in [4.69, 9.17) is 5.73 Å². The summed E-state index contributed by atoms with van der Waals surface area (Å²) in [4.78, 5) is 26.9. The van der Waals surface area contributed by atoms with Gasteiger partial charge in [0.15, 0.2) is 0 Å². The Labute approximate surface area is 133 Å². The van der Waals surface area contributed by atoms with Crippen LogP contribution in [0.4, 0.5) is 11.4 Å². The number of hydrogen-bond donors (Lipinski definition) is 1. The predicted molar refractivity (Wildman–Crippen MR) is 88.8 cm³/mol. The number of nitrogen functional groups attached to an aromatic ring is 1. The van der Waals surface area contributed by atoms with Crippen molar-refractivity contribution in [1.29, 1.82) is 0 Å². The zero-order chi connectivity index (χ0) is 15.7. The molecule has 1 atom stereocenters. The van der Waals surface area contributed by atoms with Crippen LogP contribution >= 0.6 is 11.8 Å². The van der Waals surface area contributed by atoms with Gasteiger partial charge in [-0.25, -0.2) is 4.90 Å². The van der Waals surface area contributed by atoms with Crippen molar-refractivity contribution in [3.05, 3.63) is 54.1 Å². The van der Waals surface area contributed by atoms with Gasteiger partial charge < -0.3 is 5.73 Å². The summed E-state index contributed by atoms with van der Waals surface area (Å²) < 4.78 is 0. The number of anilines is 2. The Kier molecular flexibility index (Phi) is 3.90. The second-order valence-corrected chi connectivity index (χ2v) is 6.50. The molecule has 0 unspecified atom stereocenters. The molecule has 0 radical (unpaired) electrons. The Hall–Kier alpha value is -2.27. The molecule has 1 aliphatic rings. The van der Waals surface area contributed by atoms with E-state index in [0.29, 0.717) is 11.4 Å². The molecule has 2 N–H and O–H groups in total. The summed E-state index contributed by atoms with van der Waals surface area (Å²) in [5, 5.41) is -0.419. The highest BCUT2D eigenvalue weighted by molar-refractivity contribution is 8.00. The van der Waals surface area contributed by atoms with Crippen LogP contribution in [0.3, 0.4) is 0 Å². The summed E-state index contributed by atoms with van der Waals surface area (Å²) in [5.41, 5.74) is 8.19. The highest BCUT2D eigenvalue weighted by atomic mass is 32.2. The maximum Gasteiger partial charge on any atom is 0.247 e. The first kappa shape index (κ1) is 14.7. The van der Waals surface area contributed by atoms with Gasteiger partial charge in [0.1, 0.15) is 0 Å². The van der Waals surface area contributed by atoms with Gasteiger partial charge >= 0.3 is 0 Å². The maximum absolute atomic E-state index is 12.6. The van der Waals surface area contributed by atoms with Crippen LogP contribution in [0.25, 0.3) is 0 Å². The Morgan fingerprint density at radius 3 is 2.64 bits per heavy atom. The minimum absolute atomic E-state index is 0.164. The highest BCUT2D eigenvalue weighted by Gasteiger charge is 2.40. The van der Waals surface area contributed by atoms with Crippen LogP contribution in [0.1, 0.15) is 12.0 Å². The number of para-hydroxylation sites is 1. The minimum Gasteiger partial charge on any atom is -0.398 e. The first-order valence-electron chi connectivity index (χ1n) is 7.01. The molecule has 2 aromatic rings. The number of thioether (sulfide) groups is 1. The molecule has 0 saturated carbocycles. The average molecular weight is 312 g/mol. The van der Waals surface area contributed by atoms with Crippen LogP contribution in [0.5, 0.6) is 0 Å². The molecule has 1 fully saturated rings. The summed E-state index contributed by atoms with van der Waals surface area (Å²) in [5.74, 6) is -0.341. The molecule has 5 heteroatoms. The Morgan fingerprint density at radius 2 is 1.91 bits per heavy atom. The van der Waals surface area contributed by atoms with Crippen LogP contribution in [0.2, 0.25) is 0 Å². The summed E-state index contributed by atoms with van der Waals surface area (Å²) in [6.45, 7) is 1.94. The summed E-state index contributed by atoms with van der Waals surface area (Å²) in [6.07, 6.45) is 0.200. The van der Waals surface area contributed by atoms with Crippen molar-refractivity contribution in [2.45, 2.75) is 23.5 Å². The largest absolute Gasteiger partial charge is 0.398 e. The van der Waals surface area contributed by atoms with E-state index in [2.05, 4.69) is 0 Å². The Balaban J connectivity index is 1.84. The first-order valence-corrected chi connectivity index (χ1v) is 7.89. The summed E-state index contributed by atoms with van der Waals surface area (Å²) in [6, 6.07) is 14.8. The number of amides is 2. The number of nitrogens with zero attached hydrogens (tertiary/aromatic N) is 1. The van der Waals surface area contributed by atoms with Crippen molar-refractivity contribution in [3.8, 4) is 0 Å². The molecule has 112 valence electrons. The third-order valence-electron chi connectivity index (χ3n) is 3.55. The van der Waals surface area contributed by atoms with Crippen molar-refractivity contribution in [2.75, 3.05) is 10.6 Å². The predicted octanol–water partition coefficient (Wildman–Crippen LogP) is 3.00. The number of imide groups is 1. The zero-order valence-electron chi connectivity index (χ0n) is 12.2. The lowest BCUT2D eigenvalue weighted by Crippen LogP contribution is -2.31. The summed E-state index contributed by atoms with van der Waals surface area (Å²) in [7, 11) is 0. The van der Waals surface area contributed by atoms with Crippen molar-refractivity contribution in [3.63, 3.8) is 0 Å². The fourth-order valence-corrected chi connectivity index (χ4v) is 3.58. The lowest BCUT2D eigenvalue weighted by Gasteiger charge is -2.15. The normalized spacial score (nSPS) is 18.0. The van der Waals surface area contributed by atoms with E-state index in [1.54, 1.807) is 12.1 Å². The molecule has 0 aliphatic carbocycles. The van der Waals surface area contributed by atoms with Crippen molar-refractivity contribution >= 4 is 35.0 Å². The number of aryl methyl sites for hydroxylation is 1. The molecule has 0 spiro atoms. The summed E-state index contributed by atoms with van der Waals surface area (Å²) >= 11 is 1.36. The molecule has 1 aliphatic heterocycles. The van der Waals surface area contributed by atoms with Gasteiger partial charge in [0.05, 0.1) is 10.9 Å². The molecule has 3 rings (SSSR count). The van der Waals surface area contributed by atoms with Gasteiger partial charge in [0.25, 0.3) is 0 Å². The molecular weight excluding hydrogens is 296 g/mol. The van der Waals surface area contributed by atoms with Crippen LogP contribution < -0.4 is 10.6 Å². The maximum atomic E-state index is 12.6. The number of rotatable bonds is 3. The SMILES string of the molecule is Cc1cccc(N2C(=O)C[C@H](Sc3ccccc3N)C2=O)c1. The lowest BCUT2D eigenvalue weighted by atomic mass is 10.2. The molecule has 2 aromatic carbocycles. The van der Waals surface area contributed by atoms with Gasteiger partial charge in [0, 0.05) is 17.0 Å². The van der Waals surface area contributed by atoms with Gasteiger partial charge in [0.2, 0.25) is 11.8 Å². The van der Waals surface area contributed by atoms with Crippen LogP contribution in [-0.4, -0.2) is 17.1 Å². The monoisotopic (exact) mass is 312 g/mol. The topological polar surface area (TPSA) is 63.4 Å². The minimum atomic E-state index is -0.419. The van der Waals surface area contributed by atoms with Crippen molar-refractivity contribution in [2.24, 2.45) is 0 Å². The van der Waals surface area contributed by atoms with Crippen LogP contribution in [-0.2, 0) is 9.59 Å². The van der Waals surface area contributed by atoms with E-state index >= 15 is 0 Å². The van der Waals surface area contributed by atoms with E-state index in [1.807, 2.05) is 43.3 Å². The molecule has 2 amide bonds. The number of hydrogen-bond acceptors (Lipinski definition) is 4. The molecule has 0 aromatic heterocycles. The number of carbonyl (C=O) groups is 2. The van der Waals surface area contributed by atoms with E-state index in [-0.39, 0.29) is 18.2 Å². The van der Waals surface area contributed by atoms with Gasteiger partial charge in [-0.15, -0.1) is 11.8 Å². The molecule has 22 heavy (non-hydrogen) atoms. The zero-order valence-corrected chi connectivity index (χ0v) is 13.0. The lowest BCUT2D eigenvalue weighted by molar-refractivity contribution is -0.121. The first-order chi connectivity index (χ1) is 10.6. The number of carbonyl (C=O) groups excluding carboxylic acids is 2. The van der Waals surface area contributed by atoms with E-state index in [9.17, 15) is 9.59 Å². The van der Waals surface area contributed by atoms with E-state index < -0.39 is 5.25 Å². The second kappa shape index (κ2) is 5.85. The molecule has 4 nitrogen and oxygen atoms in total. The Bertz CT molecular complexity index is 745. The third kappa shape index (κ3) is 2.72. The highest BCUT2D eigenvalue weighted by Crippen LogP contribution is 2.36. The standard InChI is InChI=1S/C17H16N2O2S/c1-11-5-4-6-12(9-11)19-16(20)10-15(17(19)21)22-14-8-3-2-7-13(14)18/h2-9,15H,10,18H2,1H3/t15-/m0/s1. The fraction of sp³-hybridized carbons (Fsp3) is 0.176. The molecule has 1 saturated heterocycles. The fourth-order valence-electron chi connectivity index (χ4n) is 2.48. The number of benzene rings is 2. The van der Waals surface area contributed by atoms with Crippen LogP contribution in [0.15, 0.2) is 53.4 Å². The van der Waals surface area contributed by atoms with Crippen molar-refractivity contribution < 1.29 is 9.59 Å². The van der Waals surface area contributed by atoms with E-state index in [1.165, 1.54) is 16.7 Å².